The third kappa shape index (κ3) is 5.18. The van der Waals surface area contributed by atoms with E-state index in [1.807, 2.05) is 0 Å². The zero-order valence-corrected chi connectivity index (χ0v) is 13.4. The molecular formula is C14H24N2O6. The van der Waals surface area contributed by atoms with Crippen LogP contribution in [0, 0.1) is 0 Å². The first-order chi connectivity index (χ1) is 10.2. The molecule has 1 heterocycles. The highest BCUT2D eigenvalue weighted by molar-refractivity contribution is 5.88. The molecule has 1 rings (SSSR count). The predicted octanol–water partition coefficient (Wildman–Crippen LogP) is 0.0360. The lowest BCUT2D eigenvalue weighted by Gasteiger charge is -2.25. The standard InChI is InChI=1S/C14H24N2O6/c1-5-21-12(19)11-9(17)6-7-16(11)10(18)8-15-13(20)22-14(2,3)4/h9,11,17H,5-8H2,1-4H3,(H,15,20)/t9-,11+/m0/s1. The number of carbonyl (C=O) groups is 3. The van der Waals surface area contributed by atoms with E-state index in [1.54, 1.807) is 27.7 Å². The number of likely N-dealkylation sites (tertiary alicyclic amines) is 1. The number of nitrogens with zero attached hydrogens (tertiary/aromatic N) is 1. The molecule has 1 aliphatic heterocycles. The second kappa shape index (κ2) is 7.44. The van der Waals surface area contributed by atoms with E-state index < -0.39 is 35.7 Å². The smallest absolute Gasteiger partial charge is 0.408 e. The number of alkyl carbamates (subject to hydrolysis) is 1. The van der Waals surface area contributed by atoms with E-state index in [0.29, 0.717) is 6.42 Å². The van der Waals surface area contributed by atoms with E-state index in [2.05, 4.69) is 5.32 Å². The summed E-state index contributed by atoms with van der Waals surface area (Å²) in [5.74, 6) is -1.11. The van der Waals surface area contributed by atoms with Gasteiger partial charge in [0.05, 0.1) is 12.7 Å². The van der Waals surface area contributed by atoms with Crippen molar-refractivity contribution in [3.63, 3.8) is 0 Å². The summed E-state index contributed by atoms with van der Waals surface area (Å²) < 4.78 is 9.89. The van der Waals surface area contributed by atoms with Gasteiger partial charge in [-0.2, -0.15) is 0 Å². The van der Waals surface area contributed by atoms with Crippen molar-refractivity contribution in [2.45, 2.75) is 51.9 Å². The Morgan fingerprint density at radius 3 is 2.50 bits per heavy atom. The third-order valence-electron chi connectivity index (χ3n) is 3.00. The molecule has 8 heteroatoms. The molecule has 0 bridgehead atoms. The molecule has 22 heavy (non-hydrogen) atoms. The highest BCUT2D eigenvalue weighted by Gasteiger charge is 2.41. The average Bonchev–Trinajstić information content (AvgIpc) is 2.76. The molecule has 0 radical (unpaired) electrons. The van der Waals surface area contributed by atoms with Gasteiger partial charge >= 0.3 is 12.1 Å². The lowest BCUT2D eigenvalue weighted by Crippen LogP contribution is -2.49. The van der Waals surface area contributed by atoms with Gasteiger partial charge in [-0.1, -0.05) is 0 Å². The van der Waals surface area contributed by atoms with Crippen molar-refractivity contribution < 1.29 is 29.0 Å². The van der Waals surface area contributed by atoms with Crippen LogP contribution in [0.5, 0.6) is 0 Å². The second-order valence-electron chi connectivity index (χ2n) is 6.00. The number of nitrogens with one attached hydrogen (secondary N) is 1. The van der Waals surface area contributed by atoms with Gasteiger partial charge in [0.15, 0.2) is 6.04 Å². The van der Waals surface area contributed by atoms with Gasteiger partial charge in [0.1, 0.15) is 12.1 Å². The molecule has 0 saturated carbocycles. The molecule has 0 unspecified atom stereocenters. The number of rotatable bonds is 4. The molecule has 0 aromatic heterocycles. The molecule has 0 aromatic rings. The van der Waals surface area contributed by atoms with Crippen molar-refractivity contribution in [2.24, 2.45) is 0 Å². The van der Waals surface area contributed by atoms with Crippen molar-refractivity contribution >= 4 is 18.0 Å². The third-order valence-corrected chi connectivity index (χ3v) is 3.00. The minimum absolute atomic E-state index is 0.167. The summed E-state index contributed by atoms with van der Waals surface area (Å²) in [6.07, 6.45) is -1.38. The largest absolute Gasteiger partial charge is 0.464 e. The van der Waals surface area contributed by atoms with E-state index in [1.165, 1.54) is 4.90 Å². The normalized spacial score (nSPS) is 21.4. The van der Waals surface area contributed by atoms with E-state index in [4.69, 9.17) is 9.47 Å². The first kappa shape index (κ1) is 18.2. The second-order valence-corrected chi connectivity index (χ2v) is 6.00. The molecule has 2 amide bonds. The molecule has 2 atom stereocenters. The number of aliphatic hydroxyl groups is 1. The molecular weight excluding hydrogens is 292 g/mol. The Bertz CT molecular complexity index is 432. The van der Waals surface area contributed by atoms with Crippen molar-refractivity contribution in [1.82, 2.24) is 10.2 Å². The summed E-state index contributed by atoms with van der Waals surface area (Å²) in [5.41, 5.74) is -0.662. The SMILES string of the molecule is CCOC(=O)[C@H]1[C@@H](O)CCN1C(=O)CNC(=O)OC(C)(C)C. The van der Waals surface area contributed by atoms with Crippen molar-refractivity contribution in [3.8, 4) is 0 Å². The minimum Gasteiger partial charge on any atom is -0.464 e. The molecule has 2 N–H and O–H groups in total. The molecule has 1 saturated heterocycles. The van der Waals surface area contributed by atoms with E-state index in [-0.39, 0.29) is 19.7 Å². The number of esters is 1. The number of hydrogen-bond donors (Lipinski definition) is 2. The maximum Gasteiger partial charge on any atom is 0.408 e. The monoisotopic (exact) mass is 316 g/mol. The fraction of sp³-hybridized carbons (Fsp3) is 0.786. The Labute approximate surface area is 129 Å². The van der Waals surface area contributed by atoms with Crippen molar-refractivity contribution in [1.29, 1.82) is 0 Å². The fourth-order valence-electron chi connectivity index (χ4n) is 2.13. The Kier molecular flexibility index (Phi) is 6.16. The zero-order valence-electron chi connectivity index (χ0n) is 13.4. The summed E-state index contributed by atoms with van der Waals surface area (Å²) in [5, 5.41) is 12.2. The number of carbonyl (C=O) groups excluding carboxylic acids is 3. The summed E-state index contributed by atoms with van der Waals surface area (Å²) in [6.45, 7) is 6.87. The van der Waals surface area contributed by atoms with Gasteiger partial charge in [-0.25, -0.2) is 9.59 Å². The quantitative estimate of drug-likeness (QED) is 0.709. The van der Waals surface area contributed by atoms with E-state index >= 15 is 0 Å². The van der Waals surface area contributed by atoms with Crippen LogP contribution in [-0.2, 0) is 19.1 Å². The average molecular weight is 316 g/mol. The van der Waals surface area contributed by atoms with Crippen LogP contribution in [0.3, 0.4) is 0 Å². The maximum absolute atomic E-state index is 12.1. The van der Waals surface area contributed by atoms with Crippen LogP contribution >= 0.6 is 0 Å². The fourth-order valence-corrected chi connectivity index (χ4v) is 2.13. The first-order valence-corrected chi connectivity index (χ1v) is 7.26. The van der Waals surface area contributed by atoms with Gasteiger partial charge in [0.2, 0.25) is 5.91 Å². The van der Waals surface area contributed by atoms with Gasteiger partial charge in [-0.3, -0.25) is 4.79 Å². The maximum atomic E-state index is 12.1. The summed E-state index contributed by atoms with van der Waals surface area (Å²) >= 11 is 0. The molecule has 1 aliphatic rings. The van der Waals surface area contributed by atoms with E-state index in [0.717, 1.165) is 0 Å². The summed E-state index contributed by atoms with van der Waals surface area (Å²) in [4.78, 5) is 36.7. The highest BCUT2D eigenvalue weighted by Crippen LogP contribution is 2.19. The van der Waals surface area contributed by atoms with Gasteiger partial charge in [-0.05, 0) is 34.1 Å². The van der Waals surface area contributed by atoms with Crippen molar-refractivity contribution in [3.05, 3.63) is 0 Å². The molecule has 0 spiro atoms. The lowest BCUT2D eigenvalue weighted by molar-refractivity contribution is -0.155. The number of aliphatic hydroxyl groups excluding tert-OH is 1. The molecule has 126 valence electrons. The Balaban J connectivity index is 2.57. The molecule has 8 nitrogen and oxygen atoms in total. The van der Waals surface area contributed by atoms with Crippen LogP contribution in [0.2, 0.25) is 0 Å². The minimum atomic E-state index is -1.02. The first-order valence-electron chi connectivity index (χ1n) is 7.26. The summed E-state index contributed by atoms with van der Waals surface area (Å²) in [6, 6.07) is -1.02. The molecule has 0 aromatic carbocycles. The predicted molar refractivity (Wildman–Crippen MR) is 77.0 cm³/mol. The van der Waals surface area contributed by atoms with E-state index in [9.17, 15) is 19.5 Å². The highest BCUT2D eigenvalue weighted by atomic mass is 16.6. The van der Waals surface area contributed by atoms with Crippen LogP contribution in [0.15, 0.2) is 0 Å². The number of hydrogen-bond acceptors (Lipinski definition) is 6. The van der Waals surface area contributed by atoms with Crippen LogP contribution in [0.25, 0.3) is 0 Å². The topological polar surface area (TPSA) is 105 Å². The number of amides is 2. The van der Waals surface area contributed by atoms with Crippen LogP contribution < -0.4 is 5.32 Å². The van der Waals surface area contributed by atoms with Crippen LogP contribution in [0.4, 0.5) is 4.79 Å². The van der Waals surface area contributed by atoms with Crippen LogP contribution in [-0.4, -0.2) is 65.4 Å². The number of ether oxygens (including phenoxy) is 2. The zero-order chi connectivity index (χ0) is 16.9. The van der Waals surface area contributed by atoms with Gasteiger partial charge in [-0.15, -0.1) is 0 Å². The Morgan fingerprint density at radius 1 is 1.32 bits per heavy atom. The molecule has 0 aliphatic carbocycles. The lowest BCUT2D eigenvalue weighted by atomic mass is 10.2. The van der Waals surface area contributed by atoms with Gasteiger partial charge in [0, 0.05) is 6.54 Å². The van der Waals surface area contributed by atoms with Crippen LogP contribution in [0.1, 0.15) is 34.1 Å². The Morgan fingerprint density at radius 2 is 1.95 bits per heavy atom. The van der Waals surface area contributed by atoms with Gasteiger partial charge in [0.25, 0.3) is 0 Å². The van der Waals surface area contributed by atoms with Crippen molar-refractivity contribution in [2.75, 3.05) is 19.7 Å². The molecule has 1 fully saturated rings. The summed E-state index contributed by atoms with van der Waals surface area (Å²) in [7, 11) is 0. The van der Waals surface area contributed by atoms with Gasteiger partial charge < -0.3 is 24.8 Å². The Hall–Kier alpha value is -1.83.